The molecule has 136 valence electrons. The van der Waals surface area contributed by atoms with Crippen LogP contribution in [0.1, 0.15) is 55.4 Å². The van der Waals surface area contributed by atoms with Crippen LogP contribution in [0.3, 0.4) is 0 Å². The molecule has 0 aliphatic carbocycles. The maximum atomic E-state index is 9.60. The van der Waals surface area contributed by atoms with Gasteiger partial charge in [-0.2, -0.15) is 0 Å². The summed E-state index contributed by atoms with van der Waals surface area (Å²) in [4.78, 5) is 9.60. The SMILES string of the molecule is C=C(C)C(=O)O.CC(C)O.CC(C)O.CC(C)O.CCO.[Ti]. The molecule has 0 atom stereocenters. The van der Waals surface area contributed by atoms with E-state index in [0.29, 0.717) is 0 Å². The van der Waals surface area contributed by atoms with Crippen molar-refractivity contribution < 1.29 is 52.0 Å². The summed E-state index contributed by atoms with van der Waals surface area (Å²) in [5, 5.41) is 39.6. The fourth-order valence-electron chi connectivity index (χ4n) is 0. The number of hydrogen-bond donors (Lipinski definition) is 5. The number of carboxylic acids is 1. The summed E-state index contributed by atoms with van der Waals surface area (Å²) in [7, 11) is 0. The number of hydrogen-bond acceptors (Lipinski definition) is 5. The first-order chi connectivity index (χ1) is 9.25. The van der Waals surface area contributed by atoms with E-state index in [2.05, 4.69) is 6.58 Å². The second-order valence-corrected chi connectivity index (χ2v) is 4.68. The van der Waals surface area contributed by atoms with E-state index in [1.165, 1.54) is 6.92 Å². The van der Waals surface area contributed by atoms with Crippen molar-refractivity contribution in [3.63, 3.8) is 0 Å². The van der Waals surface area contributed by atoms with Crippen LogP contribution in [0.15, 0.2) is 12.2 Å². The zero-order chi connectivity index (χ0) is 18.6. The molecule has 0 rings (SSSR count). The summed E-state index contributed by atoms with van der Waals surface area (Å²) in [5.41, 5.74) is 0.176. The fraction of sp³-hybridized carbons (Fsp3) is 0.800. The van der Waals surface area contributed by atoms with E-state index in [1.807, 2.05) is 0 Å². The minimum atomic E-state index is -0.935. The van der Waals surface area contributed by atoms with Gasteiger partial charge in [-0.1, -0.05) is 6.58 Å². The van der Waals surface area contributed by atoms with Crippen molar-refractivity contribution in [1.82, 2.24) is 0 Å². The molecule has 0 heterocycles. The topological polar surface area (TPSA) is 118 Å². The van der Waals surface area contributed by atoms with Crippen molar-refractivity contribution >= 4 is 5.97 Å². The van der Waals surface area contributed by atoms with Crippen LogP contribution >= 0.6 is 0 Å². The molecular formula is C15H36O6Ti. The van der Waals surface area contributed by atoms with Gasteiger partial charge in [0.1, 0.15) is 0 Å². The Morgan fingerprint density at radius 2 is 0.955 bits per heavy atom. The summed E-state index contributed by atoms with van der Waals surface area (Å²) in [6.07, 6.45) is -0.500. The van der Waals surface area contributed by atoms with Crippen LogP contribution in [0.5, 0.6) is 0 Å². The summed E-state index contributed by atoms with van der Waals surface area (Å²) < 4.78 is 0. The molecule has 7 heteroatoms. The number of aliphatic carboxylic acids is 1. The Morgan fingerprint density at radius 1 is 0.909 bits per heavy atom. The maximum absolute atomic E-state index is 9.60. The van der Waals surface area contributed by atoms with Crippen LogP contribution in [-0.2, 0) is 26.5 Å². The molecular weight excluding hydrogens is 324 g/mol. The quantitative estimate of drug-likeness (QED) is 0.359. The van der Waals surface area contributed by atoms with Crippen molar-refractivity contribution in [2.75, 3.05) is 6.61 Å². The molecule has 0 fully saturated rings. The molecule has 0 aromatic heterocycles. The van der Waals surface area contributed by atoms with E-state index in [1.54, 1.807) is 48.5 Å². The third kappa shape index (κ3) is 491. The first kappa shape index (κ1) is 37.8. The van der Waals surface area contributed by atoms with Crippen LogP contribution in [0.4, 0.5) is 0 Å². The number of carboxylic acid groups (broad SMARTS) is 1. The molecule has 0 aliphatic heterocycles. The minimum absolute atomic E-state index is 0. The Hall–Kier alpha value is -0.236. The molecule has 0 radical (unpaired) electrons. The molecule has 0 saturated carbocycles. The van der Waals surface area contributed by atoms with Crippen LogP contribution in [0, 0.1) is 0 Å². The van der Waals surface area contributed by atoms with E-state index in [-0.39, 0.29) is 52.2 Å². The predicted octanol–water partition coefficient (Wildman–Crippen LogP) is 1.80. The molecule has 0 spiro atoms. The average molecular weight is 360 g/mol. The van der Waals surface area contributed by atoms with E-state index in [9.17, 15) is 4.79 Å². The first-order valence-electron chi connectivity index (χ1n) is 6.79. The summed E-state index contributed by atoms with van der Waals surface area (Å²) >= 11 is 0. The van der Waals surface area contributed by atoms with E-state index < -0.39 is 5.97 Å². The van der Waals surface area contributed by atoms with E-state index >= 15 is 0 Å². The monoisotopic (exact) mass is 360 g/mol. The van der Waals surface area contributed by atoms with Crippen molar-refractivity contribution in [2.24, 2.45) is 0 Å². The Labute approximate surface area is 150 Å². The molecule has 0 unspecified atom stereocenters. The van der Waals surface area contributed by atoms with Crippen molar-refractivity contribution in [1.29, 1.82) is 0 Å². The van der Waals surface area contributed by atoms with Gasteiger partial charge in [-0.15, -0.1) is 0 Å². The standard InChI is InChI=1S/C4H6O2.3C3H8O.C2H6O.Ti/c1-3(2)4(5)6;3*1-3(2)4;1-2-3;/h1H2,2H3,(H,5,6);3*3-4H,1-2H3;3H,2H2,1H3;. The summed E-state index contributed by atoms with van der Waals surface area (Å²) in [5.74, 6) is -0.935. The van der Waals surface area contributed by atoms with Crippen LogP contribution in [0.2, 0.25) is 0 Å². The van der Waals surface area contributed by atoms with Gasteiger partial charge < -0.3 is 25.5 Å². The third-order valence-electron chi connectivity index (χ3n) is 0.365. The minimum Gasteiger partial charge on any atom is -0.478 e. The maximum Gasteiger partial charge on any atom is 0.330 e. The van der Waals surface area contributed by atoms with Crippen molar-refractivity contribution in [2.45, 2.75) is 73.7 Å². The Bertz CT molecular complexity index is 172. The number of carbonyl (C=O) groups is 1. The molecule has 0 saturated heterocycles. The van der Waals surface area contributed by atoms with Gasteiger partial charge in [0.05, 0.1) is 0 Å². The first-order valence-corrected chi connectivity index (χ1v) is 6.79. The molecule has 0 aromatic rings. The van der Waals surface area contributed by atoms with Gasteiger partial charge in [0.25, 0.3) is 0 Å². The smallest absolute Gasteiger partial charge is 0.330 e. The largest absolute Gasteiger partial charge is 0.478 e. The molecule has 6 nitrogen and oxygen atoms in total. The number of rotatable bonds is 1. The zero-order valence-corrected chi connectivity index (χ0v) is 16.9. The third-order valence-corrected chi connectivity index (χ3v) is 0.365. The Morgan fingerprint density at radius 3 is 0.955 bits per heavy atom. The Balaban J connectivity index is -0.0000000367. The van der Waals surface area contributed by atoms with Crippen LogP contribution < -0.4 is 0 Å². The fourth-order valence-corrected chi connectivity index (χ4v) is 0. The van der Waals surface area contributed by atoms with Gasteiger partial charge in [0, 0.05) is 52.2 Å². The van der Waals surface area contributed by atoms with Gasteiger partial charge in [-0.25, -0.2) is 4.79 Å². The van der Waals surface area contributed by atoms with E-state index in [4.69, 9.17) is 25.5 Å². The molecule has 0 aliphatic rings. The average Bonchev–Trinajstić information content (AvgIpc) is 2.15. The van der Waals surface area contributed by atoms with Gasteiger partial charge in [0.15, 0.2) is 0 Å². The van der Waals surface area contributed by atoms with Crippen molar-refractivity contribution in [3.05, 3.63) is 12.2 Å². The van der Waals surface area contributed by atoms with Crippen LogP contribution in [0.25, 0.3) is 0 Å². The second kappa shape index (κ2) is 32.6. The predicted molar refractivity (Wildman–Crippen MR) is 87.3 cm³/mol. The zero-order valence-electron chi connectivity index (χ0n) is 15.3. The normalized spacial score (nSPS) is 7.77. The number of aliphatic hydroxyl groups excluding tert-OH is 4. The van der Waals surface area contributed by atoms with Crippen LogP contribution in [-0.4, -0.2) is 56.4 Å². The number of aliphatic hydroxyl groups is 4. The van der Waals surface area contributed by atoms with Crippen molar-refractivity contribution in [3.8, 4) is 0 Å². The summed E-state index contributed by atoms with van der Waals surface area (Å²) in [6, 6.07) is 0. The molecule has 0 aromatic carbocycles. The summed E-state index contributed by atoms with van der Waals surface area (Å²) in [6.45, 7) is 16.9. The van der Waals surface area contributed by atoms with E-state index in [0.717, 1.165) is 0 Å². The van der Waals surface area contributed by atoms with Gasteiger partial charge in [-0.05, 0) is 55.4 Å². The molecule has 0 bridgehead atoms. The van der Waals surface area contributed by atoms with Gasteiger partial charge >= 0.3 is 5.97 Å². The van der Waals surface area contributed by atoms with Gasteiger partial charge in [0.2, 0.25) is 0 Å². The second-order valence-electron chi connectivity index (χ2n) is 4.68. The molecule has 22 heavy (non-hydrogen) atoms. The molecule has 5 N–H and O–H groups in total. The van der Waals surface area contributed by atoms with Gasteiger partial charge in [-0.3, -0.25) is 0 Å². The molecule has 0 amide bonds. The Kier molecular flexibility index (Phi) is 56.0.